The molecule has 2 rings (SSSR count). The van der Waals surface area contributed by atoms with Crippen LogP contribution in [0.15, 0.2) is 53.4 Å². The standard InChI is InChI=1S/C18H16F3NO5S/c1-11(16(23)22-15-6-4-3-5-14(15)18(19,20)21)27-17(24)12-7-9-13(10-8-12)28(2,25)26/h3-11H,1-2H3,(H,22,23). The molecule has 0 aliphatic heterocycles. The number of rotatable bonds is 5. The van der Waals surface area contributed by atoms with E-state index < -0.39 is 45.2 Å². The molecule has 1 unspecified atom stereocenters. The van der Waals surface area contributed by atoms with Gasteiger partial charge < -0.3 is 10.1 Å². The van der Waals surface area contributed by atoms with Crippen LogP contribution < -0.4 is 5.32 Å². The minimum absolute atomic E-state index is 0.00130. The van der Waals surface area contributed by atoms with E-state index in [4.69, 9.17) is 4.74 Å². The van der Waals surface area contributed by atoms with Crippen molar-refractivity contribution in [2.24, 2.45) is 0 Å². The molecule has 1 atom stereocenters. The molecule has 150 valence electrons. The summed E-state index contributed by atoms with van der Waals surface area (Å²) in [6.07, 6.45) is -5.04. The summed E-state index contributed by atoms with van der Waals surface area (Å²) in [7, 11) is -3.44. The molecule has 0 fully saturated rings. The molecule has 0 saturated heterocycles. The van der Waals surface area contributed by atoms with Crippen molar-refractivity contribution in [1.82, 2.24) is 0 Å². The molecule has 2 aromatic carbocycles. The van der Waals surface area contributed by atoms with Crippen molar-refractivity contribution in [2.45, 2.75) is 24.1 Å². The molecule has 0 radical (unpaired) electrons. The first-order valence-electron chi connectivity index (χ1n) is 7.88. The zero-order valence-electron chi connectivity index (χ0n) is 14.8. The highest BCUT2D eigenvalue weighted by Gasteiger charge is 2.34. The highest BCUT2D eigenvalue weighted by atomic mass is 32.2. The molecule has 0 aromatic heterocycles. The first-order chi connectivity index (χ1) is 12.9. The lowest BCUT2D eigenvalue weighted by molar-refractivity contribution is -0.137. The number of sulfone groups is 1. The van der Waals surface area contributed by atoms with Crippen LogP contribution in [-0.4, -0.2) is 32.7 Å². The Balaban J connectivity index is 2.08. The second-order valence-electron chi connectivity index (χ2n) is 5.88. The molecule has 1 amide bonds. The summed E-state index contributed by atoms with van der Waals surface area (Å²) >= 11 is 0. The summed E-state index contributed by atoms with van der Waals surface area (Å²) in [5.74, 6) is -1.87. The topological polar surface area (TPSA) is 89.5 Å². The van der Waals surface area contributed by atoms with Gasteiger partial charge in [-0.1, -0.05) is 12.1 Å². The predicted octanol–water partition coefficient (Wildman–Crippen LogP) is 3.29. The molecule has 2 aromatic rings. The number of para-hydroxylation sites is 1. The molecule has 10 heteroatoms. The molecule has 28 heavy (non-hydrogen) atoms. The SMILES string of the molecule is CC(OC(=O)c1ccc(S(C)(=O)=O)cc1)C(=O)Nc1ccccc1C(F)(F)F. The summed E-state index contributed by atoms with van der Waals surface area (Å²) in [5, 5.41) is 2.09. The van der Waals surface area contributed by atoms with Gasteiger partial charge >= 0.3 is 12.1 Å². The minimum Gasteiger partial charge on any atom is -0.449 e. The van der Waals surface area contributed by atoms with E-state index in [1.54, 1.807) is 0 Å². The number of ether oxygens (including phenoxy) is 1. The lowest BCUT2D eigenvalue weighted by Crippen LogP contribution is -2.30. The van der Waals surface area contributed by atoms with Gasteiger partial charge in [0.25, 0.3) is 5.91 Å². The number of benzene rings is 2. The van der Waals surface area contributed by atoms with Gasteiger partial charge in [0.15, 0.2) is 15.9 Å². The molecular weight excluding hydrogens is 399 g/mol. The quantitative estimate of drug-likeness (QED) is 0.757. The highest BCUT2D eigenvalue weighted by molar-refractivity contribution is 7.90. The molecular formula is C18H16F3NO5S. The van der Waals surface area contributed by atoms with E-state index in [2.05, 4.69) is 5.32 Å². The number of nitrogens with one attached hydrogen (secondary N) is 1. The maximum atomic E-state index is 13.0. The Morgan fingerprint density at radius 1 is 1.04 bits per heavy atom. The summed E-state index contributed by atoms with van der Waals surface area (Å²) in [4.78, 5) is 24.2. The Morgan fingerprint density at radius 2 is 1.61 bits per heavy atom. The molecule has 6 nitrogen and oxygen atoms in total. The van der Waals surface area contributed by atoms with Gasteiger partial charge in [0, 0.05) is 6.26 Å². The van der Waals surface area contributed by atoms with Gasteiger partial charge in [-0.15, -0.1) is 0 Å². The smallest absolute Gasteiger partial charge is 0.418 e. The molecule has 0 heterocycles. The van der Waals surface area contributed by atoms with Gasteiger partial charge in [0.2, 0.25) is 0 Å². The normalized spacial score (nSPS) is 12.9. The van der Waals surface area contributed by atoms with Crippen LogP contribution in [0.25, 0.3) is 0 Å². The van der Waals surface area contributed by atoms with Crippen LogP contribution in [0.1, 0.15) is 22.8 Å². The van der Waals surface area contributed by atoms with Gasteiger partial charge in [-0.3, -0.25) is 4.79 Å². The first-order valence-corrected chi connectivity index (χ1v) is 9.77. The van der Waals surface area contributed by atoms with Gasteiger partial charge in [0.05, 0.1) is 21.7 Å². The van der Waals surface area contributed by atoms with Gasteiger partial charge in [-0.25, -0.2) is 13.2 Å². The zero-order chi connectivity index (χ0) is 21.1. The van der Waals surface area contributed by atoms with Crippen LogP contribution in [0.5, 0.6) is 0 Å². The van der Waals surface area contributed by atoms with Crippen LogP contribution in [0, 0.1) is 0 Å². The zero-order valence-corrected chi connectivity index (χ0v) is 15.6. The van der Waals surface area contributed by atoms with Crippen LogP contribution >= 0.6 is 0 Å². The molecule has 1 N–H and O–H groups in total. The van der Waals surface area contributed by atoms with Gasteiger partial charge in [0.1, 0.15) is 0 Å². The second-order valence-corrected chi connectivity index (χ2v) is 7.89. The van der Waals surface area contributed by atoms with Crippen LogP contribution in [0.3, 0.4) is 0 Å². The minimum atomic E-state index is -4.66. The summed E-state index contributed by atoms with van der Waals surface area (Å²) in [5.41, 5.74) is -1.50. The summed E-state index contributed by atoms with van der Waals surface area (Å²) in [6.45, 7) is 1.20. The van der Waals surface area contributed by atoms with Crippen molar-refractivity contribution >= 4 is 27.4 Å². The third-order valence-corrected chi connectivity index (χ3v) is 4.79. The first kappa shape index (κ1) is 21.4. The van der Waals surface area contributed by atoms with E-state index in [0.29, 0.717) is 0 Å². The van der Waals surface area contributed by atoms with Crippen LogP contribution in [0.4, 0.5) is 18.9 Å². The lowest BCUT2D eigenvalue weighted by Gasteiger charge is -2.17. The average molecular weight is 415 g/mol. The molecule has 0 aliphatic carbocycles. The Morgan fingerprint density at radius 3 is 2.14 bits per heavy atom. The molecule has 0 aliphatic rings. The van der Waals surface area contributed by atoms with Crippen LogP contribution in [-0.2, 0) is 25.5 Å². The molecule has 0 spiro atoms. The Hall–Kier alpha value is -2.88. The van der Waals surface area contributed by atoms with E-state index in [0.717, 1.165) is 18.4 Å². The predicted molar refractivity (Wildman–Crippen MR) is 94.5 cm³/mol. The highest BCUT2D eigenvalue weighted by Crippen LogP contribution is 2.34. The van der Waals surface area contributed by atoms with Crippen molar-refractivity contribution in [3.05, 3.63) is 59.7 Å². The lowest BCUT2D eigenvalue weighted by atomic mass is 10.1. The van der Waals surface area contributed by atoms with E-state index in [1.165, 1.54) is 43.3 Å². The number of esters is 1. The van der Waals surface area contributed by atoms with Crippen LogP contribution in [0.2, 0.25) is 0 Å². The van der Waals surface area contributed by atoms with Gasteiger partial charge in [-0.05, 0) is 43.3 Å². The second kappa shape index (κ2) is 8.01. The van der Waals surface area contributed by atoms with Crippen molar-refractivity contribution in [3.63, 3.8) is 0 Å². The largest absolute Gasteiger partial charge is 0.449 e. The number of carbonyl (C=O) groups is 2. The Kier molecular flexibility index (Phi) is 6.13. The third kappa shape index (κ3) is 5.32. The number of carbonyl (C=O) groups excluding carboxylic acids is 2. The number of hydrogen-bond acceptors (Lipinski definition) is 5. The van der Waals surface area contributed by atoms with E-state index in [-0.39, 0.29) is 10.5 Å². The fourth-order valence-corrected chi connectivity index (χ4v) is 2.82. The third-order valence-electron chi connectivity index (χ3n) is 3.66. The van der Waals surface area contributed by atoms with Crippen molar-refractivity contribution < 1.29 is 35.9 Å². The maximum Gasteiger partial charge on any atom is 0.418 e. The van der Waals surface area contributed by atoms with Crippen molar-refractivity contribution in [3.8, 4) is 0 Å². The number of hydrogen-bond donors (Lipinski definition) is 1. The number of halogens is 3. The van der Waals surface area contributed by atoms with Crippen molar-refractivity contribution in [1.29, 1.82) is 0 Å². The number of alkyl halides is 3. The maximum absolute atomic E-state index is 13.0. The van der Waals surface area contributed by atoms with Gasteiger partial charge in [-0.2, -0.15) is 13.2 Å². The number of anilines is 1. The monoisotopic (exact) mass is 415 g/mol. The van der Waals surface area contributed by atoms with E-state index in [9.17, 15) is 31.2 Å². The average Bonchev–Trinajstić information content (AvgIpc) is 2.60. The summed E-state index contributed by atoms with van der Waals surface area (Å²) in [6, 6.07) is 9.23. The molecule has 0 bridgehead atoms. The fourth-order valence-electron chi connectivity index (χ4n) is 2.19. The fraction of sp³-hybridized carbons (Fsp3) is 0.222. The van der Waals surface area contributed by atoms with E-state index >= 15 is 0 Å². The number of amides is 1. The Labute approximate surface area is 159 Å². The molecule has 0 saturated carbocycles. The van der Waals surface area contributed by atoms with Crippen molar-refractivity contribution in [2.75, 3.05) is 11.6 Å². The van der Waals surface area contributed by atoms with E-state index in [1.807, 2.05) is 0 Å². The Bertz CT molecular complexity index is 985. The summed E-state index contributed by atoms with van der Waals surface area (Å²) < 4.78 is 66.7.